The Morgan fingerprint density at radius 2 is 1.96 bits per heavy atom. The predicted octanol–water partition coefficient (Wildman–Crippen LogP) is 3.85. The van der Waals surface area contributed by atoms with Crippen LogP contribution in [0.5, 0.6) is 0 Å². The van der Waals surface area contributed by atoms with Gasteiger partial charge in [0.15, 0.2) is 0 Å². The fraction of sp³-hybridized carbons (Fsp3) is 0.591. The van der Waals surface area contributed by atoms with Crippen molar-refractivity contribution in [1.29, 1.82) is 0 Å². The van der Waals surface area contributed by atoms with Gasteiger partial charge in [-0.1, -0.05) is 38.0 Å². The molecule has 1 saturated carbocycles. The molecule has 1 unspecified atom stereocenters. The van der Waals surface area contributed by atoms with Crippen LogP contribution in [0.4, 0.5) is 5.69 Å². The Hall–Kier alpha value is -1.65. The maximum absolute atomic E-state index is 12.6. The lowest BCUT2D eigenvalue weighted by molar-refractivity contribution is -0.118. The lowest BCUT2D eigenvalue weighted by Gasteiger charge is -2.33. The summed E-state index contributed by atoms with van der Waals surface area (Å²) in [5.41, 5.74) is 9.83. The van der Waals surface area contributed by atoms with Gasteiger partial charge in [-0.2, -0.15) is 0 Å². The number of carbonyl (C=O) groups excluding carboxylic acids is 1. The molecule has 0 bridgehead atoms. The van der Waals surface area contributed by atoms with Gasteiger partial charge in [0, 0.05) is 24.3 Å². The molecule has 1 aliphatic heterocycles. The highest BCUT2D eigenvalue weighted by Gasteiger charge is 2.36. The van der Waals surface area contributed by atoms with Crippen LogP contribution in [0.15, 0.2) is 24.3 Å². The normalized spacial score (nSPS) is 27.9. The summed E-state index contributed by atoms with van der Waals surface area (Å²) >= 11 is 0. The van der Waals surface area contributed by atoms with Crippen molar-refractivity contribution < 1.29 is 9.53 Å². The second-order valence-electron chi connectivity index (χ2n) is 8.44. The molecule has 140 valence electrons. The van der Waals surface area contributed by atoms with Gasteiger partial charge in [0.25, 0.3) is 0 Å². The van der Waals surface area contributed by atoms with E-state index >= 15 is 0 Å². The largest absolute Gasteiger partial charge is 0.381 e. The van der Waals surface area contributed by atoms with Gasteiger partial charge < -0.3 is 15.8 Å². The summed E-state index contributed by atoms with van der Waals surface area (Å²) in [7, 11) is 0. The Labute approximate surface area is 156 Å². The lowest BCUT2D eigenvalue weighted by atomic mass is 9.76. The number of amides is 1. The Morgan fingerprint density at radius 3 is 2.69 bits per heavy atom. The zero-order valence-electron chi connectivity index (χ0n) is 15.7. The molecule has 0 radical (unpaired) electrons. The average molecular weight is 354 g/mol. The van der Waals surface area contributed by atoms with E-state index in [0.717, 1.165) is 50.5 Å². The van der Waals surface area contributed by atoms with Crippen LogP contribution in [0.25, 0.3) is 6.08 Å². The average Bonchev–Trinajstić information content (AvgIpc) is 3.00. The molecule has 4 rings (SSSR count). The van der Waals surface area contributed by atoms with Gasteiger partial charge in [-0.3, -0.25) is 4.79 Å². The first-order chi connectivity index (χ1) is 12.6. The van der Waals surface area contributed by atoms with E-state index in [4.69, 9.17) is 10.5 Å². The third kappa shape index (κ3) is 3.33. The summed E-state index contributed by atoms with van der Waals surface area (Å²) in [6, 6.07) is 5.87. The van der Waals surface area contributed by atoms with Crippen molar-refractivity contribution in [3.8, 4) is 0 Å². The first-order valence-electron chi connectivity index (χ1n) is 10.1. The van der Waals surface area contributed by atoms with Gasteiger partial charge in [0.1, 0.15) is 0 Å². The molecule has 1 atom stereocenters. The van der Waals surface area contributed by atoms with E-state index in [9.17, 15) is 4.79 Å². The Bertz CT molecular complexity index is 698. The Kier molecular flexibility index (Phi) is 4.89. The van der Waals surface area contributed by atoms with Crippen molar-refractivity contribution in [2.24, 2.45) is 17.6 Å². The Balaban J connectivity index is 1.43. The number of anilines is 1. The standard InChI is InChI=1S/C22H30N2O2/c1-15-2-4-16(5-3-15)20(23)21(25)24-18-6-7-19-17(14-18)8-9-22(19)10-12-26-13-11-22/h6-9,14-16,20H,2-5,10-13,23H2,1H3,(H,24,25)/t15-,16-,20?. The summed E-state index contributed by atoms with van der Waals surface area (Å²) in [4.78, 5) is 12.6. The second kappa shape index (κ2) is 7.16. The molecule has 2 aliphatic carbocycles. The van der Waals surface area contributed by atoms with Crippen LogP contribution in [-0.4, -0.2) is 25.2 Å². The molecule has 0 aromatic heterocycles. The molecule has 1 heterocycles. The van der Waals surface area contributed by atoms with Crippen molar-refractivity contribution in [3.63, 3.8) is 0 Å². The smallest absolute Gasteiger partial charge is 0.241 e. The quantitative estimate of drug-likeness (QED) is 0.866. The fourth-order valence-corrected chi connectivity index (χ4v) is 4.83. The lowest BCUT2D eigenvalue weighted by Crippen LogP contribution is -2.43. The zero-order valence-corrected chi connectivity index (χ0v) is 15.7. The number of benzene rings is 1. The van der Waals surface area contributed by atoms with Crippen molar-refractivity contribution in [1.82, 2.24) is 0 Å². The predicted molar refractivity (Wildman–Crippen MR) is 105 cm³/mol. The molecule has 3 aliphatic rings. The Morgan fingerprint density at radius 1 is 1.23 bits per heavy atom. The third-order valence-corrected chi connectivity index (χ3v) is 6.69. The molecular weight excluding hydrogens is 324 g/mol. The summed E-state index contributed by atoms with van der Waals surface area (Å²) < 4.78 is 5.53. The molecule has 1 aromatic rings. The molecule has 1 amide bonds. The topological polar surface area (TPSA) is 64.4 Å². The molecule has 1 spiro atoms. The zero-order chi connectivity index (χ0) is 18.1. The third-order valence-electron chi connectivity index (χ3n) is 6.69. The van der Waals surface area contributed by atoms with Crippen LogP contribution in [-0.2, 0) is 14.9 Å². The molecule has 4 nitrogen and oxygen atoms in total. The maximum atomic E-state index is 12.6. The molecule has 2 fully saturated rings. The minimum Gasteiger partial charge on any atom is -0.381 e. The van der Waals surface area contributed by atoms with Crippen LogP contribution >= 0.6 is 0 Å². The summed E-state index contributed by atoms with van der Waals surface area (Å²) in [6.07, 6.45) is 11.1. The van der Waals surface area contributed by atoms with E-state index in [2.05, 4.69) is 36.5 Å². The van der Waals surface area contributed by atoms with Crippen LogP contribution in [0.1, 0.15) is 56.6 Å². The maximum Gasteiger partial charge on any atom is 0.241 e. The number of nitrogens with two attached hydrogens (primary N) is 1. The van der Waals surface area contributed by atoms with E-state index in [-0.39, 0.29) is 11.3 Å². The molecule has 1 aromatic carbocycles. The van der Waals surface area contributed by atoms with Crippen molar-refractivity contribution in [2.75, 3.05) is 18.5 Å². The number of hydrogen-bond donors (Lipinski definition) is 2. The highest BCUT2D eigenvalue weighted by Crippen LogP contribution is 2.44. The van der Waals surface area contributed by atoms with Crippen molar-refractivity contribution in [2.45, 2.75) is 56.9 Å². The molecule has 1 saturated heterocycles. The van der Waals surface area contributed by atoms with E-state index in [1.807, 2.05) is 6.07 Å². The molecule has 3 N–H and O–H groups in total. The van der Waals surface area contributed by atoms with Crippen molar-refractivity contribution >= 4 is 17.7 Å². The molecule has 26 heavy (non-hydrogen) atoms. The van der Waals surface area contributed by atoms with Gasteiger partial charge in [0.05, 0.1) is 6.04 Å². The first kappa shape index (κ1) is 17.7. The van der Waals surface area contributed by atoms with Gasteiger partial charge in [-0.15, -0.1) is 0 Å². The van der Waals surface area contributed by atoms with Gasteiger partial charge in [0.2, 0.25) is 5.91 Å². The van der Waals surface area contributed by atoms with Crippen LogP contribution in [0.3, 0.4) is 0 Å². The van der Waals surface area contributed by atoms with Crippen LogP contribution in [0.2, 0.25) is 0 Å². The number of allylic oxidation sites excluding steroid dienone is 1. The van der Waals surface area contributed by atoms with E-state index < -0.39 is 6.04 Å². The fourth-order valence-electron chi connectivity index (χ4n) is 4.83. The second-order valence-corrected chi connectivity index (χ2v) is 8.44. The number of ether oxygens (including phenoxy) is 1. The number of nitrogens with one attached hydrogen (secondary N) is 1. The monoisotopic (exact) mass is 354 g/mol. The number of fused-ring (bicyclic) bond motifs is 2. The van der Waals surface area contributed by atoms with Gasteiger partial charge in [-0.25, -0.2) is 0 Å². The SMILES string of the molecule is C[C@H]1CC[C@H](C(N)C(=O)Nc2ccc3c(c2)C=CC32CCOCC2)CC1. The summed E-state index contributed by atoms with van der Waals surface area (Å²) in [5, 5.41) is 3.05. The van der Waals surface area contributed by atoms with Gasteiger partial charge in [-0.05, 0) is 60.8 Å². The summed E-state index contributed by atoms with van der Waals surface area (Å²) in [5.74, 6) is 1.03. The number of rotatable bonds is 3. The minimum absolute atomic E-state index is 0.0488. The van der Waals surface area contributed by atoms with Gasteiger partial charge >= 0.3 is 0 Å². The number of hydrogen-bond acceptors (Lipinski definition) is 3. The molecular formula is C22H30N2O2. The highest BCUT2D eigenvalue weighted by molar-refractivity contribution is 5.95. The van der Waals surface area contributed by atoms with Crippen LogP contribution < -0.4 is 11.1 Å². The van der Waals surface area contributed by atoms with E-state index in [1.54, 1.807) is 0 Å². The minimum atomic E-state index is -0.409. The number of carbonyl (C=O) groups is 1. The highest BCUT2D eigenvalue weighted by atomic mass is 16.5. The van der Waals surface area contributed by atoms with E-state index in [1.165, 1.54) is 24.0 Å². The van der Waals surface area contributed by atoms with Crippen molar-refractivity contribution in [3.05, 3.63) is 35.4 Å². The molecule has 4 heteroatoms. The summed E-state index contributed by atoms with van der Waals surface area (Å²) in [6.45, 7) is 3.92. The van der Waals surface area contributed by atoms with E-state index in [0.29, 0.717) is 5.92 Å². The first-order valence-corrected chi connectivity index (χ1v) is 10.1. The van der Waals surface area contributed by atoms with Crippen LogP contribution in [0, 0.1) is 11.8 Å².